The number of nitrogens with two attached hydrogens (primary N) is 1. The molecule has 1 aliphatic rings. The first kappa shape index (κ1) is 36.0. The van der Waals surface area contributed by atoms with Crippen molar-refractivity contribution < 1.29 is 14.4 Å². The first-order chi connectivity index (χ1) is 22.0. The third-order valence-corrected chi connectivity index (χ3v) is 8.48. The molecule has 1 unspecified atom stereocenters. The maximum absolute atomic E-state index is 13.4. The molecule has 1 aliphatic heterocycles. The van der Waals surface area contributed by atoms with E-state index in [9.17, 15) is 14.4 Å². The standard InChI is InChI=1S/C34H56N8O3/c1-2-3-4-5-6-7-8-9-10-11-12-13-14-15-16-17-32(43)41-29-21-31(33(44)38-19-18-27-22-36-25-39-27)42(24-29)34(45)30(35)20-28-23-37-26-40-28/h9-10,22-23,25-26,29-31H,2-8,11-21,24,35H2,1H3,(H,36,39)(H,37,40)(H,38,44)(H,41,43)/t29-,30?,31-/m0/s1. The molecule has 0 aromatic carbocycles. The number of imidazole rings is 2. The van der Waals surface area contributed by atoms with E-state index in [1.165, 1.54) is 62.7 Å². The molecule has 6 N–H and O–H groups in total. The maximum atomic E-state index is 13.4. The lowest BCUT2D eigenvalue weighted by Crippen LogP contribution is -2.52. The highest BCUT2D eigenvalue weighted by Gasteiger charge is 2.41. The molecule has 11 nitrogen and oxygen atoms in total. The van der Waals surface area contributed by atoms with Gasteiger partial charge in [-0.1, -0.05) is 70.4 Å². The summed E-state index contributed by atoms with van der Waals surface area (Å²) in [6, 6.07) is -1.82. The summed E-state index contributed by atoms with van der Waals surface area (Å²) in [7, 11) is 0. The zero-order valence-corrected chi connectivity index (χ0v) is 27.3. The average molecular weight is 625 g/mol. The summed E-state index contributed by atoms with van der Waals surface area (Å²) in [5.74, 6) is -0.593. The van der Waals surface area contributed by atoms with E-state index in [0.29, 0.717) is 25.8 Å². The maximum Gasteiger partial charge on any atom is 0.242 e. The van der Waals surface area contributed by atoms with Crippen molar-refractivity contribution in [2.24, 2.45) is 5.73 Å². The Morgan fingerprint density at radius 3 is 2.20 bits per heavy atom. The average Bonchev–Trinajstić information content (AvgIpc) is 3.82. The van der Waals surface area contributed by atoms with Crippen molar-refractivity contribution in [1.29, 1.82) is 0 Å². The Morgan fingerprint density at radius 2 is 1.56 bits per heavy atom. The summed E-state index contributed by atoms with van der Waals surface area (Å²) in [6.45, 7) is 2.92. The summed E-state index contributed by atoms with van der Waals surface area (Å²) < 4.78 is 0. The van der Waals surface area contributed by atoms with Crippen LogP contribution in [0.1, 0.15) is 115 Å². The molecule has 3 rings (SSSR count). The molecule has 1 fully saturated rings. The van der Waals surface area contributed by atoms with Gasteiger partial charge in [0.25, 0.3) is 0 Å². The molecule has 0 spiro atoms. The van der Waals surface area contributed by atoms with Crippen LogP contribution in [-0.2, 0) is 27.2 Å². The number of hydrogen-bond acceptors (Lipinski definition) is 6. The van der Waals surface area contributed by atoms with Crippen molar-refractivity contribution in [2.45, 2.75) is 134 Å². The van der Waals surface area contributed by atoms with E-state index < -0.39 is 12.1 Å². The number of likely N-dealkylation sites (tertiary alicyclic amines) is 1. The minimum atomic E-state index is -0.823. The molecule has 0 saturated carbocycles. The number of rotatable bonds is 23. The van der Waals surface area contributed by atoms with Gasteiger partial charge >= 0.3 is 0 Å². The molecule has 2 aromatic rings. The van der Waals surface area contributed by atoms with Crippen LogP contribution in [0, 0.1) is 0 Å². The molecular formula is C34H56N8O3. The number of carbonyl (C=O) groups is 3. The fourth-order valence-corrected chi connectivity index (χ4v) is 5.88. The summed E-state index contributed by atoms with van der Waals surface area (Å²) in [5, 5.41) is 6.00. The first-order valence-electron chi connectivity index (χ1n) is 17.2. The predicted octanol–water partition coefficient (Wildman–Crippen LogP) is 4.48. The Balaban J connectivity index is 1.34. The van der Waals surface area contributed by atoms with Gasteiger partial charge in [0, 0.05) is 62.2 Å². The summed E-state index contributed by atoms with van der Waals surface area (Å²) in [4.78, 5) is 54.8. The van der Waals surface area contributed by atoms with E-state index >= 15 is 0 Å². The lowest BCUT2D eigenvalue weighted by atomic mass is 10.1. The monoisotopic (exact) mass is 624 g/mol. The van der Waals surface area contributed by atoms with Crippen molar-refractivity contribution >= 4 is 17.7 Å². The number of hydrogen-bond donors (Lipinski definition) is 5. The van der Waals surface area contributed by atoms with Crippen molar-refractivity contribution in [3.63, 3.8) is 0 Å². The molecule has 3 atom stereocenters. The molecule has 0 bridgehead atoms. The van der Waals surface area contributed by atoms with Crippen LogP contribution in [-0.4, -0.2) is 73.8 Å². The van der Waals surface area contributed by atoms with Crippen LogP contribution in [0.3, 0.4) is 0 Å². The number of allylic oxidation sites excluding steroid dienone is 2. The SMILES string of the molecule is CCCCCCCCC=CCCCCCCCC(=O)N[C@H]1C[C@@H](C(=O)NCCc2cnc[nH]2)N(C(=O)C(N)Cc2cnc[nH]2)C1. The first-order valence-corrected chi connectivity index (χ1v) is 17.2. The van der Waals surface area contributed by atoms with Crippen LogP contribution in [0.2, 0.25) is 0 Å². The minimum Gasteiger partial charge on any atom is -0.354 e. The highest BCUT2D eigenvalue weighted by Crippen LogP contribution is 2.21. The fraction of sp³-hybridized carbons (Fsp3) is 0.676. The Hall–Kier alpha value is -3.47. The number of nitrogens with zero attached hydrogens (tertiary/aromatic N) is 3. The predicted molar refractivity (Wildman–Crippen MR) is 177 cm³/mol. The van der Waals surface area contributed by atoms with Gasteiger partial charge in [-0.3, -0.25) is 14.4 Å². The third kappa shape index (κ3) is 14.0. The topological polar surface area (TPSA) is 162 Å². The second-order valence-electron chi connectivity index (χ2n) is 12.3. The van der Waals surface area contributed by atoms with Gasteiger partial charge in [0.15, 0.2) is 0 Å². The van der Waals surface area contributed by atoms with Gasteiger partial charge in [-0.15, -0.1) is 0 Å². The van der Waals surface area contributed by atoms with Crippen molar-refractivity contribution in [3.8, 4) is 0 Å². The Kier molecular flexibility index (Phi) is 17.0. The number of aromatic amines is 2. The molecule has 250 valence electrons. The van der Waals surface area contributed by atoms with Crippen LogP contribution in [0.15, 0.2) is 37.2 Å². The summed E-state index contributed by atoms with van der Waals surface area (Å²) in [6.07, 6.45) is 28.6. The fourth-order valence-electron chi connectivity index (χ4n) is 5.88. The molecule has 0 aliphatic carbocycles. The Bertz CT molecular complexity index is 1120. The zero-order valence-electron chi connectivity index (χ0n) is 27.3. The second-order valence-corrected chi connectivity index (χ2v) is 12.3. The van der Waals surface area contributed by atoms with Gasteiger partial charge in [0.05, 0.1) is 18.7 Å². The van der Waals surface area contributed by atoms with Crippen molar-refractivity contribution in [2.75, 3.05) is 13.1 Å². The van der Waals surface area contributed by atoms with Gasteiger partial charge in [-0.2, -0.15) is 0 Å². The lowest BCUT2D eigenvalue weighted by molar-refractivity contribution is -0.139. The highest BCUT2D eigenvalue weighted by atomic mass is 16.2. The van der Waals surface area contributed by atoms with Crippen LogP contribution >= 0.6 is 0 Å². The van der Waals surface area contributed by atoms with Crippen LogP contribution in [0.25, 0.3) is 0 Å². The zero-order chi connectivity index (χ0) is 32.1. The van der Waals surface area contributed by atoms with E-state index in [4.69, 9.17) is 5.73 Å². The van der Waals surface area contributed by atoms with Crippen LogP contribution in [0.5, 0.6) is 0 Å². The summed E-state index contributed by atoms with van der Waals surface area (Å²) in [5.41, 5.74) is 7.92. The van der Waals surface area contributed by atoms with Gasteiger partial charge in [-0.05, 0) is 38.5 Å². The number of H-pyrrole nitrogens is 2. The molecule has 0 radical (unpaired) electrons. The summed E-state index contributed by atoms with van der Waals surface area (Å²) >= 11 is 0. The smallest absolute Gasteiger partial charge is 0.242 e. The Labute approximate surface area is 269 Å². The van der Waals surface area contributed by atoms with E-state index in [1.807, 2.05) is 0 Å². The van der Waals surface area contributed by atoms with Gasteiger partial charge in [-0.25, -0.2) is 9.97 Å². The van der Waals surface area contributed by atoms with E-state index in [-0.39, 0.29) is 36.7 Å². The quantitative estimate of drug-likeness (QED) is 0.0904. The number of carbonyl (C=O) groups excluding carboxylic acids is 3. The van der Waals surface area contributed by atoms with E-state index in [1.54, 1.807) is 25.0 Å². The van der Waals surface area contributed by atoms with E-state index in [0.717, 1.165) is 37.1 Å². The molecule has 3 amide bonds. The van der Waals surface area contributed by atoms with Crippen LogP contribution in [0.4, 0.5) is 0 Å². The third-order valence-electron chi connectivity index (χ3n) is 8.48. The van der Waals surface area contributed by atoms with Gasteiger partial charge < -0.3 is 31.2 Å². The van der Waals surface area contributed by atoms with Gasteiger partial charge in [0.2, 0.25) is 17.7 Å². The van der Waals surface area contributed by atoms with Gasteiger partial charge in [0.1, 0.15) is 6.04 Å². The lowest BCUT2D eigenvalue weighted by Gasteiger charge is -2.26. The molecule has 11 heteroatoms. The second kappa shape index (κ2) is 21.3. The number of unbranched alkanes of at least 4 members (excludes halogenated alkanes) is 11. The molecule has 3 heterocycles. The van der Waals surface area contributed by atoms with Crippen LogP contribution < -0.4 is 16.4 Å². The van der Waals surface area contributed by atoms with E-state index in [2.05, 4.69) is 49.6 Å². The highest BCUT2D eigenvalue weighted by molar-refractivity contribution is 5.91. The largest absolute Gasteiger partial charge is 0.354 e. The molecule has 2 aromatic heterocycles. The number of aromatic nitrogens is 4. The van der Waals surface area contributed by atoms with Crippen molar-refractivity contribution in [3.05, 3.63) is 48.6 Å². The minimum absolute atomic E-state index is 0.0351. The van der Waals surface area contributed by atoms with Crippen molar-refractivity contribution in [1.82, 2.24) is 35.5 Å². The molecular weight excluding hydrogens is 568 g/mol. The number of amides is 3. The molecule has 1 saturated heterocycles. The Morgan fingerprint density at radius 1 is 0.933 bits per heavy atom. The normalized spacial score (nSPS) is 17.2. The molecule has 45 heavy (non-hydrogen) atoms. The number of nitrogens with one attached hydrogen (secondary N) is 4.